The zero-order valence-electron chi connectivity index (χ0n) is 22.1. The predicted octanol–water partition coefficient (Wildman–Crippen LogP) is 5.57. The number of benzene rings is 1. The van der Waals surface area contributed by atoms with E-state index in [2.05, 4.69) is 27.8 Å². The van der Waals surface area contributed by atoms with E-state index >= 15 is 0 Å². The lowest BCUT2D eigenvalue weighted by Gasteiger charge is -2.27. The average molecular weight is 545 g/mol. The predicted molar refractivity (Wildman–Crippen MR) is 156 cm³/mol. The number of rotatable bonds is 2. The number of amides is 2. The van der Waals surface area contributed by atoms with Crippen molar-refractivity contribution in [3.63, 3.8) is 0 Å². The summed E-state index contributed by atoms with van der Waals surface area (Å²) < 4.78 is 0. The maximum atomic E-state index is 13.7. The number of nitrogens with zero attached hydrogens (tertiary/aromatic N) is 1. The molecule has 0 unspecified atom stereocenters. The van der Waals surface area contributed by atoms with Gasteiger partial charge in [0.25, 0.3) is 0 Å². The number of pyridine rings is 1. The van der Waals surface area contributed by atoms with Crippen LogP contribution in [0.5, 0.6) is 0 Å². The van der Waals surface area contributed by atoms with Gasteiger partial charge in [0.05, 0.1) is 5.69 Å². The van der Waals surface area contributed by atoms with Crippen LogP contribution in [0.25, 0.3) is 0 Å². The first-order valence-corrected chi connectivity index (χ1v) is 13.8. The summed E-state index contributed by atoms with van der Waals surface area (Å²) in [7, 11) is 1.72. The van der Waals surface area contributed by atoms with E-state index in [1.54, 1.807) is 36.2 Å². The van der Waals surface area contributed by atoms with Crippen molar-refractivity contribution in [1.29, 1.82) is 0 Å². The number of H-pyrrole nitrogens is 1. The molecule has 0 fully saturated rings. The van der Waals surface area contributed by atoms with Gasteiger partial charge in [0.2, 0.25) is 17.4 Å². The average Bonchev–Trinajstić information content (AvgIpc) is 3.15. The van der Waals surface area contributed by atoms with Gasteiger partial charge in [0.15, 0.2) is 0 Å². The molecule has 3 aliphatic rings. The van der Waals surface area contributed by atoms with Crippen molar-refractivity contribution < 1.29 is 9.59 Å². The first-order valence-electron chi connectivity index (χ1n) is 13.4. The van der Waals surface area contributed by atoms with E-state index in [1.165, 1.54) is 11.6 Å². The van der Waals surface area contributed by atoms with Gasteiger partial charge in [-0.25, -0.2) is 0 Å². The van der Waals surface area contributed by atoms with Crippen molar-refractivity contribution in [3.05, 3.63) is 104 Å². The zero-order chi connectivity index (χ0) is 27.4. The number of anilines is 2. The molecule has 0 radical (unpaired) electrons. The van der Waals surface area contributed by atoms with Crippen LogP contribution in [-0.4, -0.2) is 29.9 Å². The van der Waals surface area contributed by atoms with Gasteiger partial charge in [-0.3, -0.25) is 14.4 Å². The van der Waals surface area contributed by atoms with Crippen molar-refractivity contribution in [1.82, 2.24) is 10.3 Å². The summed E-state index contributed by atoms with van der Waals surface area (Å²) >= 11 is 6.04. The fraction of sp³-hybridized carbons (Fsp3) is 0.323. The Bertz CT molecular complexity index is 1450. The highest BCUT2D eigenvalue weighted by Gasteiger charge is 2.27. The second-order valence-corrected chi connectivity index (χ2v) is 10.8. The Balaban J connectivity index is 1.42. The minimum atomic E-state index is -0.716. The topological polar surface area (TPSA) is 94.3 Å². The molecule has 1 aromatic heterocycles. The van der Waals surface area contributed by atoms with Crippen molar-refractivity contribution in [2.45, 2.75) is 57.4 Å². The molecule has 1 atom stereocenters. The second-order valence-electron chi connectivity index (χ2n) is 10.3. The monoisotopic (exact) mass is 544 g/mol. The van der Waals surface area contributed by atoms with Gasteiger partial charge >= 0.3 is 0 Å². The van der Waals surface area contributed by atoms with Crippen LogP contribution in [0.4, 0.5) is 11.4 Å². The zero-order valence-corrected chi connectivity index (χ0v) is 22.8. The van der Waals surface area contributed by atoms with Crippen LogP contribution < -0.4 is 21.1 Å². The number of carbonyl (C=O) groups is 2. The number of hydrogen-bond donors (Lipinski definition) is 3. The van der Waals surface area contributed by atoms with E-state index in [0.717, 1.165) is 53.9 Å². The summed E-state index contributed by atoms with van der Waals surface area (Å²) in [5, 5.41) is 7.14. The SMILES string of the molecule is CN(C(=O)[C@@H]1CC2=CC=CCC(=C2)CCCC2=C(CCC(=O)N1)Cc1[nH]c(=O)ccc1N2)c1ccc(Cl)cc1. The summed E-state index contributed by atoms with van der Waals surface area (Å²) in [6.45, 7) is 0. The summed E-state index contributed by atoms with van der Waals surface area (Å²) in [5.74, 6) is -0.365. The van der Waals surface area contributed by atoms with E-state index in [4.69, 9.17) is 11.6 Å². The minimum absolute atomic E-state index is 0.137. The molecule has 0 saturated carbocycles. The van der Waals surface area contributed by atoms with Crippen LogP contribution in [0.1, 0.15) is 50.6 Å². The molecule has 2 bridgehead atoms. The highest BCUT2D eigenvalue weighted by Crippen LogP contribution is 2.31. The van der Waals surface area contributed by atoms with Gasteiger partial charge in [-0.05, 0) is 73.6 Å². The van der Waals surface area contributed by atoms with Gasteiger partial charge in [0.1, 0.15) is 6.04 Å². The number of allylic oxidation sites excluding steroid dienone is 7. The molecule has 39 heavy (non-hydrogen) atoms. The molecule has 2 aromatic rings. The number of fused-ring (bicyclic) bond motifs is 2. The van der Waals surface area contributed by atoms with Crippen LogP contribution in [0.15, 0.2) is 87.9 Å². The molecule has 2 aliphatic heterocycles. The summed E-state index contributed by atoms with van der Waals surface area (Å²) in [5.41, 5.74) is 6.89. The first-order chi connectivity index (χ1) is 18.9. The van der Waals surface area contributed by atoms with Crippen molar-refractivity contribution in [2.75, 3.05) is 17.3 Å². The standard InChI is InChI=1S/C31H33ClN4O3/c1-36(24-12-10-23(32)11-13-24)31(39)28-18-21-6-3-2-5-20(17-21)7-4-8-25-22(9-15-29(37)35-28)19-27-26(33-25)14-16-30(38)34-27/h2-3,6,10-14,16-17,28,33H,4-5,7-9,15,18-19H2,1H3,(H,34,38)(H,35,37)/t28-/m0/s1. The Labute approximate surface area is 233 Å². The number of aromatic amines is 1. The smallest absolute Gasteiger partial charge is 0.249 e. The number of halogens is 1. The van der Waals surface area contributed by atoms with Gasteiger partial charge in [0, 0.05) is 54.5 Å². The summed E-state index contributed by atoms with van der Waals surface area (Å²) in [6, 6.07) is 9.71. The van der Waals surface area contributed by atoms with E-state index in [-0.39, 0.29) is 23.8 Å². The number of nitrogens with one attached hydrogen (secondary N) is 3. The van der Waals surface area contributed by atoms with E-state index in [1.807, 2.05) is 18.2 Å². The third-order valence-corrected chi connectivity index (χ3v) is 7.77. The summed E-state index contributed by atoms with van der Waals surface area (Å²) in [4.78, 5) is 43.3. The molecule has 2 amide bonds. The molecular formula is C31H33ClN4O3. The number of aromatic nitrogens is 1. The molecule has 1 aliphatic carbocycles. The van der Waals surface area contributed by atoms with Crippen LogP contribution in [-0.2, 0) is 16.0 Å². The molecule has 3 N–H and O–H groups in total. The fourth-order valence-electron chi connectivity index (χ4n) is 5.39. The Morgan fingerprint density at radius 1 is 1.03 bits per heavy atom. The molecule has 1 aromatic carbocycles. The maximum absolute atomic E-state index is 13.7. The maximum Gasteiger partial charge on any atom is 0.249 e. The van der Waals surface area contributed by atoms with Gasteiger partial charge < -0.3 is 20.5 Å². The van der Waals surface area contributed by atoms with E-state index in [9.17, 15) is 14.4 Å². The lowest BCUT2D eigenvalue weighted by molar-refractivity contribution is -0.127. The number of likely N-dealkylation sites (N-methyl/N-ethyl adjacent to an activating group) is 1. The quantitative estimate of drug-likeness (QED) is 0.461. The molecule has 0 spiro atoms. The highest BCUT2D eigenvalue weighted by molar-refractivity contribution is 6.30. The fourth-order valence-corrected chi connectivity index (χ4v) is 5.52. The van der Waals surface area contributed by atoms with Crippen molar-refractivity contribution >= 4 is 34.8 Å². The second kappa shape index (κ2) is 11.9. The Morgan fingerprint density at radius 3 is 2.67 bits per heavy atom. The van der Waals surface area contributed by atoms with Crippen molar-refractivity contribution in [3.8, 4) is 0 Å². The first kappa shape index (κ1) is 26.8. The third-order valence-electron chi connectivity index (χ3n) is 7.52. The van der Waals surface area contributed by atoms with Gasteiger partial charge in [-0.15, -0.1) is 0 Å². The molecule has 8 heteroatoms. The molecule has 0 saturated heterocycles. The van der Waals surface area contributed by atoms with Crippen LogP contribution in [0.3, 0.4) is 0 Å². The lowest BCUT2D eigenvalue weighted by atomic mass is 9.93. The third kappa shape index (κ3) is 6.60. The highest BCUT2D eigenvalue weighted by atomic mass is 35.5. The molecule has 5 rings (SSSR count). The Morgan fingerprint density at radius 2 is 1.85 bits per heavy atom. The van der Waals surface area contributed by atoms with Crippen molar-refractivity contribution in [2.24, 2.45) is 0 Å². The number of carbonyl (C=O) groups excluding carboxylic acids is 2. The molecular weight excluding hydrogens is 512 g/mol. The Hall–Kier alpha value is -3.84. The molecule has 3 heterocycles. The lowest BCUT2D eigenvalue weighted by Crippen LogP contribution is -2.47. The van der Waals surface area contributed by atoms with Crippen LogP contribution in [0, 0.1) is 0 Å². The number of hydrogen-bond acceptors (Lipinski definition) is 4. The Kier molecular flexibility index (Phi) is 8.17. The molecule has 202 valence electrons. The van der Waals surface area contributed by atoms with Crippen LogP contribution in [0.2, 0.25) is 5.02 Å². The van der Waals surface area contributed by atoms with E-state index in [0.29, 0.717) is 30.0 Å². The largest absolute Gasteiger partial charge is 0.358 e. The van der Waals surface area contributed by atoms with Gasteiger partial charge in [-0.1, -0.05) is 41.5 Å². The van der Waals surface area contributed by atoms with Crippen LogP contribution >= 0.6 is 11.6 Å². The normalized spacial score (nSPS) is 19.7. The summed E-state index contributed by atoms with van der Waals surface area (Å²) in [6.07, 6.45) is 13.8. The minimum Gasteiger partial charge on any atom is -0.358 e. The van der Waals surface area contributed by atoms with Gasteiger partial charge in [-0.2, -0.15) is 0 Å². The van der Waals surface area contributed by atoms with E-state index < -0.39 is 6.04 Å². The molecule has 7 nitrogen and oxygen atoms in total.